The van der Waals surface area contributed by atoms with Crippen LogP contribution in [-0.2, 0) is 12.0 Å². The zero-order valence-corrected chi connectivity index (χ0v) is 13.1. The lowest BCUT2D eigenvalue weighted by Crippen LogP contribution is -2.43. The fraction of sp³-hybridized carbons (Fsp3) is 0.846. The summed E-state index contributed by atoms with van der Waals surface area (Å²) in [5, 5.41) is 7.40. The molecule has 110 valence electrons. The second kappa shape index (κ2) is 6.68. The van der Waals surface area contributed by atoms with Gasteiger partial charge in [-0.05, 0) is 26.4 Å². The van der Waals surface area contributed by atoms with Gasteiger partial charge >= 0.3 is 0 Å². The predicted molar refractivity (Wildman–Crippen MR) is 77.6 cm³/mol. The number of likely N-dealkylation sites (tertiary alicyclic amines) is 1. The average molecular weight is 289 g/mol. The number of piperidine rings is 1. The van der Waals surface area contributed by atoms with Gasteiger partial charge in [0.05, 0.1) is 6.54 Å². The summed E-state index contributed by atoms with van der Waals surface area (Å²) >= 11 is 0. The highest BCUT2D eigenvalue weighted by Gasteiger charge is 2.23. The number of halogens is 1. The number of likely N-dealkylation sites (N-methyl/N-ethyl adjacent to an activating group) is 1. The van der Waals surface area contributed by atoms with Crippen LogP contribution in [0.5, 0.6) is 0 Å². The van der Waals surface area contributed by atoms with Gasteiger partial charge in [0, 0.05) is 18.0 Å². The van der Waals surface area contributed by atoms with E-state index in [-0.39, 0.29) is 17.8 Å². The standard InChI is InChI=1S/C13H24N4O.ClH/c1-13(2,3)12-15-11(18-16-12)9-17-7-5-6-10(8-17)14-4;/h10,14H,5-9H2,1-4H3;1H. The van der Waals surface area contributed by atoms with Crippen molar-refractivity contribution in [1.29, 1.82) is 0 Å². The Hall–Kier alpha value is -0.650. The van der Waals surface area contributed by atoms with Crippen LogP contribution in [0.4, 0.5) is 0 Å². The zero-order valence-electron chi connectivity index (χ0n) is 12.3. The molecular formula is C13H25ClN4O. The summed E-state index contributed by atoms with van der Waals surface area (Å²) < 4.78 is 5.34. The number of hydrogen-bond acceptors (Lipinski definition) is 5. The Balaban J connectivity index is 0.00000180. The smallest absolute Gasteiger partial charge is 0.240 e. The molecule has 1 fully saturated rings. The minimum absolute atomic E-state index is 0. The van der Waals surface area contributed by atoms with Crippen LogP contribution in [0, 0.1) is 0 Å². The maximum Gasteiger partial charge on any atom is 0.240 e. The molecule has 2 rings (SSSR count). The summed E-state index contributed by atoms with van der Waals surface area (Å²) in [6, 6.07) is 0.587. The third kappa shape index (κ3) is 4.44. The van der Waals surface area contributed by atoms with Gasteiger partial charge in [-0.2, -0.15) is 4.98 Å². The molecule has 0 saturated carbocycles. The normalized spacial score (nSPS) is 21.2. The van der Waals surface area contributed by atoms with Gasteiger partial charge in [-0.15, -0.1) is 12.4 Å². The molecule has 6 heteroatoms. The molecule has 0 aliphatic carbocycles. The molecule has 0 spiro atoms. The van der Waals surface area contributed by atoms with E-state index >= 15 is 0 Å². The van der Waals surface area contributed by atoms with E-state index in [1.165, 1.54) is 12.8 Å². The van der Waals surface area contributed by atoms with Gasteiger partial charge in [0.2, 0.25) is 5.89 Å². The molecule has 1 aromatic rings. The first-order valence-electron chi connectivity index (χ1n) is 6.71. The highest BCUT2D eigenvalue weighted by molar-refractivity contribution is 5.85. The first-order chi connectivity index (χ1) is 8.49. The van der Waals surface area contributed by atoms with Gasteiger partial charge in [-0.3, -0.25) is 4.90 Å². The summed E-state index contributed by atoms with van der Waals surface area (Å²) in [5.74, 6) is 1.52. The van der Waals surface area contributed by atoms with Crippen molar-refractivity contribution in [3.05, 3.63) is 11.7 Å². The minimum atomic E-state index is -0.0445. The van der Waals surface area contributed by atoms with Gasteiger partial charge in [-0.25, -0.2) is 0 Å². The van der Waals surface area contributed by atoms with Crippen molar-refractivity contribution in [2.45, 2.75) is 51.6 Å². The Morgan fingerprint density at radius 1 is 1.42 bits per heavy atom. The van der Waals surface area contributed by atoms with E-state index < -0.39 is 0 Å². The van der Waals surface area contributed by atoms with Crippen molar-refractivity contribution in [3.63, 3.8) is 0 Å². The van der Waals surface area contributed by atoms with Gasteiger partial charge in [0.25, 0.3) is 0 Å². The molecular weight excluding hydrogens is 264 g/mol. The molecule has 0 bridgehead atoms. The molecule has 1 aromatic heterocycles. The van der Waals surface area contributed by atoms with E-state index in [2.05, 4.69) is 41.1 Å². The number of aromatic nitrogens is 2. The highest BCUT2D eigenvalue weighted by Crippen LogP contribution is 2.19. The van der Waals surface area contributed by atoms with Crippen molar-refractivity contribution in [1.82, 2.24) is 20.4 Å². The van der Waals surface area contributed by atoms with Crippen molar-refractivity contribution in [3.8, 4) is 0 Å². The number of rotatable bonds is 3. The summed E-state index contributed by atoms with van der Waals surface area (Å²) in [6.45, 7) is 9.23. The molecule has 5 nitrogen and oxygen atoms in total. The summed E-state index contributed by atoms with van der Waals surface area (Å²) in [5.41, 5.74) is -0.0445. The molecule has 1 aliphatic rings. The lowest BCUT2D eigenvalue weighted by Gasteiger charge is -2.31. The van der Waals surface area contributed by atoms with Crippen LogP contribution in [0.1, 0.15) is 45.3 Å². The molecule has 0 amide bonds. The first-order valence-corrected chi connectivity index (χ1v) is 6.71. The maximum atomic E-state index is 5.34. The first kappa shape index (κ1) is 16.4. The van der Waals surface area contributed by atoms with Crippen LogP contribution in [0.2, 0.25) is 0 Å². The van der Waals surface area contributed by atoms with Crippen LogP contribution < -0.4 is 5.32 Å². The molecule has 19 heavy (non-hydrogen) atoms. The van der Waals surface area contributed by atoms with E-state index in [0.29, 0.717) is 6.04 Å². The van der Waals surface area contributed by atoms with Gasteiger partial charge in [0.1, 0.15) is 0 Å². The van der Waals surface area contributed by atoms with Crippen molar-refractivity contribution in [2.24, 2.45) is 0 Å². The maximum absolute atomic E-state index is 5.34. The fourth-order valence-corrected chi connectivity index (χ4v) is 2.25. The Morgan fingerprint density at radius 3 is 2.74 bits per heavy atom. The molecule has 0 aromatic carbocycles. The van der Waals surface area contributed by atoms with Gasteiger partial charge in [0.15, 0.2) is 5.82 Å². The minimum Gasteiger partial charge on any atom is -0.338 e. The van der Waals surface area contributed by atoms with Gasteiger partial charge < -0.3 is 9.84 Å². The monoisotopic (exact) mass is 288 g/mol. The van der Waals surface area contributed by atoms with Crippen LogP contribution in [0.15, 0.2) is 4.52 Å². The molecule has 1 atom stereocenters. The molecule has 2 heterocycles. The topological polar surface area (TPSA) is 54.2 Å². The second-order valence-corrected chi connectivity index (χ2v) is 6.12. The Morgan fingerprint density at radius 2 is 2.16 bits per heavy atom. The third-order valence-electron chi connectivity index (χ3n) is 3.41. The second-order valence-electron chi connectivity index (χ2n) is 6.12. The van der Waals surface area contributed by atoms with E-state index in [0.717, 1.165) is 31.3 Å². The lowest BCUT2D eigenvalue weighted by atomic mass is 9.96. The summed E-state index contributed by atoms with van der Waals surface area (Å²) in [4.78, 5) is 6.87. The van der Waals surface area contributed by atoms with Crippen LogP contribution in [-0.4, -0.2) is 41.2 Å². The molecule has 1 unspecified atom stereocenters. The SMILES string of the molecule is CNC1CCCN(Cc2nc(C(C)(C)C)no2)C1.Cl. The van der Waals surface area contributed by atoms with Crippen molar-refractivity contribution >= 4 is 12.4 Å². The van der Waals surface area contributed by atoms with E-state index in [1.54, 1.807) is 0 Å². The quantitative estimate of drug-likeness (QED) is 0.922. The van der Waals surface area contributed by atoms with E-state index in [9.17, 15) is 0 Å². The van der Waals surface area contributed by atoms with Crippen LogP contribution in [0.25, 0.3) is 0 Å². The van der Waals surface area contributed by atoms with E-state index in [1.807, 2.05) is 7.05 Å². The lowest BCUT2D eigenvalue weighted by molar-refractivity contribution is 0.167. The molecule has 0 radical (unpaired) electrons. The molecule has 1 N–H and O–H groups in total. The Kier molecular flexibility index (Phi) is 5.77. The average Bonchev–Trinajstić information content (AvgIpc) is 2.77. The predicted octanol–water partition coefficient (Wildman–Crippen LogP) is 1.97. The molecule has 1 saturated heterocycles. The Bertz CT molecular complexity index is 388. The Labute approximate surface area is 121 Å². The van der Waals surface area contributed by atoms with E-state index in [4.69, 9.17) is 4.52 Å². The molecule has 1 aliphatic heterocycles. The summed E-state index contributed by atoms with van der Waals surface area (Å²) in [7, 11) is 2.03. The largest absolute Gasteiger partial charge is 0.338 e. The van der Waals surface area contributed by atoms with Crippen LogP contribution >= 0.6 is 12.4 Å². The third-order valence-corrected chi connectivity index (χ3v) is 3.41. The van der Waals surface area contributed by atoms with Crippen molar-refractivity contribution < 1.29 is 4.52 Å². The number of nitrogens with zero attached hydrogens (tertiary/aromatic N) is 3. The highest BCUT2D eigenvalue weighted by atomic mass is 35.5. The number of nitrogens with one attached hydrogen (secondary N) is 1. The number of hydrogen-bond donors (Lipinski definition) is 1. The fourth-order valence-electron chi connectivity index (χ4n) is 2.25. The zero-order chi connectivity index (χ0) is 13.2. The van der Waals surface area contributed by atoms with Crippen LogP contribution in [0.3, 0.4) is 0 Å². The van der Waals surface area contributed by atoms with Crippen molar-refractivity contribution in [2.75, 3.05) is 20.1 Å². The van der Waals surface area contributed by atoms with Gasteiger partial charge in [-0.1, -0.05) is 25.9 Å². The summed E-state index contributed by atoms with van der Waals surface area (Å²) in [6.07, 6.45) is 2.48.